The third kappa shape index (κ3) is 8.98. The number of hydrogen-bond acceptors (Lipinski definition) is 12. The quantitative estimate of drug-likeness (QED) is 0.132. The third-order valence-electron chi connectivity index (χ3n) is 27.9. The smallest absolute Gasteiger partial charge is 0.164 e. The van der Waals surface area contributed by atoms with Gasteiger partial charge in [-0.05, 0) is 222 Å². The Morgan fingerprint density at radius 1 is 0.194 bits per heavy atom. The first-order chi connectivity index (χ1) is 61.5. The standard InChI is InChI=1S/4C27H16N4/c1-2-6-17-15(5-1)13-20-18(17)10-9-16-14-22-25(23(16)20)30-27-19-7-3-11-28-24(19)26-21(31(22)27)8-4-12-29-26;1-2-6-17-15(5-1)13-20-18(17)10-9-16-14-22-26(23(16)20)30-27-25-19(7-3-11-29-25)24-21(31(22)27)8-4-12-28-24;1-2-5-17-15(4-1)12-20-18(17)8-7-16-13-23-26(24(16)20)30-27-19-9-11-28-14-21(19)25-22(31(23)27)6-3-10-29-25;1-2-5-17-15(4-1)12-20-18(17)8-7-16-13-23-26(24(16)20)30-27-21-14-28-11-9-19(21)25-22(31(23)27)6-3-10-29-25/h2*1-12H,13-14H2;2*1-11,14H,12-13H2. The van der Waals surface area contributed by atoms with Crippen molar-refractivity contribution < 1.29 is 0 Å². The highest BCUT2D eigenvalue weighted by molar-refractivity contribution is 6.14. The first kappa shape index (κ1) is 66.7. The van der Waals surface area contributed by atoms with Crippen LogP contribution in [0, 0.1) is 0 Å². The van der Waals surface area contributed by atoms with Crippen LogP contribution in [0.4, 0.5) is 0 Å². The first-order valence-corrected chi connectivity index (χ1v) is 42.6. The number of nitrogens with zero attached hydrogens (tertiary/aromatic N) is 16. The van der Waals surface area contributed by atoms with Gasteiger partial charge in [-0.25, -0.2) is 19.9 Å². The summed E-state index contributed by atoms with van der Waals surface area (Å²) in [6.07, 6.45) is 26.1. The molecule has 0 radical (unpaired) electrons. The fourth-order valence-corrected chi connectivity index (χ4v) is 22.8. The second-order valence-electron chi connectivity index (χ2n) is 33.9. The van der Waals surface area contributed by atoms with Crippen LogP contribution in [0.25, 0.3) is 200 Å². The molecule has 24 aromatic rings. The van der Waals surface area contributed by atoms with Crippen LogP contribution in [-0.2, 0) is 51.4 Å². The zero-order valence-electron chi connectivity index (χ0n) is 66.5. The number of benzene rings is 8. The highest BCUT2D eigenvalue weighted by Crippen LogP contribution is 2.54. The number of pyridine rings is 12. The number of aromatic nitrogens is 16. The fourth-order valence-electron chi connectivity index (χ4n) is 22.8. The summed E-state index contributed by atoms with van der Waals surface area (Å²) in [5.74, 6) is 0. The van der Waals surface area contributed by atoms with Crippen molar-refractivity contribution in [2.75, 3.05) is 0 Å². The van der Waals surface area contributed by atoms with Crippen molar-refractivity contribution in [1.29, 1.82) is 0 Å². The molecule has 16 heterocycles. The van der Waals surface area contributed by atoms with Crippen molar-refractivity contribution in [2.24, 2.45) is 0 Å². The van der Waals surface area contributed by atoms with Crippen LogP contribution in [0.1, 0.15) is 89.5 Å². The van der Waals surface area contributed by atoms with Crippen molar-refractivity contribution in [1.82, 2.24) is 77.4 Å². The summed E-state index contributed by atoms with van der Waals surface area (Å²) in [5, 5.41) is 6.43. The van der Waals surface area contributed by atoms with E-state index in [2.05, 4.69) is 226 Å². The molecule has 32 rings (SSSR count). The summed E-state index contributed by atoms with van der Waals surface area (Å²) >= 11 is 0. The molecule has 0 spiro atoms. The minimum absolute atomic E-state index is 0.887. The molecule has 0 N–H and O–H groups in total. The van der Waals surface area contributed by atoms with Crippen LogP contribution in [-0.4, -0.2) is 77.4 Å². The van der Waals surface area contributed by atoms with Gasteiger partial charge in [-0.1, -0.05) is 146 Å². The number of hydrogen-bond donors (Lipinski definition) is 0. The minimum atomic E-state index is 0.887. The van der Waals surface area contributed by atoms with Crippen molar-refractivity contribution in [3.8, 4) is 89.5 Å². The summed E-state index contributed by atoms with van der Waals surface area (Å²) in [7, 11) is 0. The highest BCUT2D eigenvalue weighted by Gasteiger charge is 2.39. The zero-order valence-corrected chi connectivity index (χ0v) is 66.5. The lowest BCUT2D eigenvalue weighted by Crippen LogP contribution is -1.98. The zero-order chi connectivity index (χ0) is 80.4. The van der Waals surface area contributed by atoms with Crippen LogP contribution < -0.4 is 0 Å². The van der Waals surface area contributed by atoms with Gasteiger partial charge in [-0.3, -0.25) is 57.5 Å². The Morgan fingerprint density at radius 3 is 0.944 bits per heavy atom. The van der Waals surface area contributed by atoms with Crippen LogP contribution in [0.5, 0.6) is 0 Å². The maximum Gasteiger partial charge on any atom is 0.164 e. The minimum Gasteiger partial charge on any atom is -0.294 e. The molecule has 8 aliphatic rings. The van der Waals surface area contributed by atoms with E-state index in [1.165, 1.54) is 156 Å². The summed E-state index contributed by atoms with van der Waals surface area (Å²) < 4.78 is 9.25. The summed E-state index contributed by atoms with van der Waals surface area (Å²) in [5.41, 5.74) is 56.6. The summed E-state index contributed by atoms with van der Waals surface area (Å²) in [4.78, 5) is 57.9. The molecule has 0 unspecified atom stereocenters. The molecule has 124 heavy (non-hydrogen) atoms. The monoisotopic (exact) mass is 1580 g/mol. The van der Waals surface area contributed by atoms with Crippen LogP contribution >= 0.6 is 0 Å². The fraction of sp³-hybridized carbons (Fsp3) is 0.0741. The molecule has 0 bridgehead atoms. The van der Waals surface area contributed by atoms with E-state index in [1.54, 1.807) is 0 Å². The van der Waals surface area contributed by atoms with E-state index in [9.17, 15) is 0 Å². The normalized spacial score (nSPS) is 13.5. The van der Waals surface area contributed by atoms with Gasteiger partial charge in [0.15, 0.2) is 5.65 Å². The van der Waals surface area contributed by atoms with Crippen LogP contribution in [0.15, 0.2) is 292 Å². The average molecular weight is 1590 g/mol. The van der Waals surface area contributed by atoms with Gasteiger partial charge >= 0.3 is 0 Å². The van der Waals surface area contributed by atoms with E-state index >= 15 is 0 Å². The number of fused-ring (bicyclic) bond motifs is 56. The summed E-state index contributed by atoms with van der Waals surface area (Å²) in [6.45, 7) is 0. The Balaban J connectivity index is 0.0000000828. The Labute approximate surface area is 706 Å². The Bertz CT molecular complexity index is 8010. The molecule has 0 aliphatic heterocycles. The van der Waals surface area contributed by atoms with Crippen LogP contribution in [0.3, 0.4) is 0 Å². The van der Waals surface area contributed by atoms with E-state index in [0.717, 1.165) is 184 Å². The first-order valence-electron chi connectivity index (χ1n) is 42.6. The maximum atomic E-state index is 5.26. The third-order valence-corrected chi connectivity index (χ3v) is 27.9. The molecule has 0 atom stereocenters. The van der Waals surface area contributed by atoms with Crippen LogP contribution in [0.2, 0.25) is 0 Å². The van der Waals surface area contributed by atoms with E-state index in [1.807, 2.05) is 104 Å². The molecule has 16 heteroatoms. The predicted molar refractivity (Wildman–Crippen MR) is 489 cm³/mol. The molecule has 0 saturated heterocycles. The van der Waals surface area contributed by atoms with Gasteiger partial charge < -0.3 is 0 Å². The predicted octanol–water partition coefficient (Wildman–Crippen LogP) is 22.3. The molecule has 16 aromatic heterocycles. The molecule has 0 amide bonds. The van der Waals surface area contributed by atoms with E-state index in [-0.39, 0.29) is 0 Å². The lowest BCUT2D eigenvalue weighted by atomic mass is 9.97. The van der Waals surface area contributed by atoms with Crippen molar-refractivity contribution >= 4 is 110 Å². The maximum absolute atomic E-state index is 5.26. The second kappa shape index (κ2) is 24.7. The van der Waals surface area contributed by atoms with Crippen molar-refractivity contribution in [3.05, 3.63) is 382 Å². The molecule has 0 saturated carbocycles. The van der Waals surface area contributed by atoms with E-state index in [4.69, 9.17) is 39.9 Å². The Kier molecular flexibility index (Phi) is 13.3. The molecule has 8 aliphatic carbocycles. The van der Waals surface area contributed by atoms with Gasteiger partial charge in [-0.15, -0.1) is 0 Å². The molecule has 0 fully saturated rings. The number of imidazole rings is 4. The largest absolute Gasteiger partial charge is 0.294 e. The molecular formula is C108H64N16. The van der Waals surface area contributed by atoms with Crippen molar-refractivity contribution in [3.63, 3.8) is 0 Å². The second-order valence-corrected chi connectivity index (χ2v) is 33.9. The SMILES string of the molecule is c1ccc2c(c1)Cc1c-2ccc2c1-c1nc3c4cccnc4c4ncccc4n3c1C2.c1ccc2c(c1)Cc1c-2ccc2c1-c1nc3c4ccncc4c4ncccc4n3c1C2.c1ccc2c(c1)Cc1c-2ccc2c1-c1nc3c4cnccc4c4ncccc4n3c1C2.c1ccc2c(c1)Cc1c-2ccc2c1-c1nc3c4ncccc4c4ncccc4n3c1C2. The van der Waals surface area contributed by atoms with Gasteiger partial charge in [-0.2, -0.15) is 0 Å². The van der Waals surface area contributed by atoms with E-state index in [0.29, 0.717) is 0 Å². The molecule has 576 valence electrons. The summed E-state index contributed by atoms with van der Waals surface area (Å²) in [6, 6.07) is 82.3. The van der Waals surface area contributed by atoms with E-state index < -0.39 is 0 Å². The van der Waals surface area contributed by atoms with Gasteiger partial charge in [0, 0.05) is 142 Å². The highest BCUT2D eigenvalue weighted by atomic mass is 15.1. The average Bonchev–Trinajstić information content (AvgIpc) is 1.55. The lowest BCUT2D eigenvalue weighted by Gasteiger charge is -2.09. The Morgan fingerprint density at radius 2 is 0.508 bits per heavy atom. The van der Waals surface area contributed by atoms with Gasteiger partial charge in [0.2, 0.25) is 0 Å². The van der Waals surface area contributed by atoms with Gasteiger partial charge in [0.25, 0.3) is 0 Å². The van der Waals surface area contributed by atoms with Gasteiger partial charge in [0.1, 0.15) is 33.5 Å². The molecule has 8 aromatic carbocycles. The molecular weight excluding hydrogens is 1520 g/mol. The topological polar surface area (TPSA) is 172 Å². The van der Waals surface area contributed by atoms with Crippen molar-refractivity contribution in [2.45, 2.75) is 51.4 Å². The molecule has 16 nitrogen and oxygen atoms in total. The van der Waals surface area contributed by atoms with Gasteiger partial charge in [0.05, 0.1) is 84.2 Å². The Hall–Kier alpha value is -16.2. The lowest BCUT2D eigenvalue weighted by molar-refractivity contribution is 1.09. The number of rotatable bonds is 0.